The molecule has 490 valence electrons. The minimum absolute atomic E-state index is 0.811. The first-order chi connectivity index (χ1) is 52.6. The van der Waals surface area contributed by atoms with Crippen molar-refractivity contribution in [3.63, 3.8) is 0 Å². The maximum Gasteiger partial charge on any atom is 0.138 e. The molecule has 0 saturated carbocycles. The number of benzene rings is 16. The molecule has 106 heavy (non-hydrogen) atoms. The Labute approximate surface area is 611 Å². The number of anilines is 6. The number of hydrogen-bond donors (Lipinski definition) is 0. The fourth-order valence-corrected chi connectivity index (χ4v) is 17.7. The number of aromatic nitrogens is 4. The first kappa shape index (κ1) is 59.5. The van der Waals surface area contributed by atoms with E-state index in [-0.39, 0.29) is 0 Å². The van der Waals surface area contributed by atoms with Crippen LogP contribution in [0, 0.1) is 0 Å². The van der Waals surface area contributed by atoms with Gasteiger partial charge in [-0.3, -0.25) is 14.9 Å². The minimum Gasteiger partial charge on any atom is -0.309 e. The molecule has 20 aromatic rings. The quantitative estimate of drug-likeness (QED) is 0.120. The van der Waals surface area contributed by atoms with E-state index in [1.165, 1.54) is 99.4 Å². The van der Waals surface area contributed by atoms with Crippen LogP contribution in [0.4, 0.5) is 34.3 Å². The van der Waals surface area contributed by atoms with Gasteiger partial charge >= 0.3 is 0 Å². The number of rotatable bonds is 11. The first-order valence-electron chi connectivity index (χ1n) is 36.3. The van der Waals surface area contributed by atoms with Crippen molar-refractivity contribution >= 4 is 121 Å². The van der Waals surface area contributed by atoms with E-state index < -0.39 is 0 Å². The van der Waals surface area contributed by atoms with Crippen molar-refractivity contribution in [1.29, 1.82) is 0 Å². The van der Waals surface area contributed by atoms with Crippen molar-refractivity contribution in [3.8, 4) is 100 Å². The number of pyridine rings is 4. The molecule has 16 aromatic carbocycles. The van der Waals surface area contributed by atoms with Gasteiger partial charge in [0.1, 0.15) is 5.82 Å². The molecule has 6 nitrogen and oxygen atoms in total. The molecule has 0 N–H and O–H groups in total. The zero-order valence-electron chi connectivity index (χ0n) is 57.3. The SMILES string of the molecule is c1ccc(-c2c3c(c(-c4ccccc4)c4cc(-c5ccc6c(N(c7ccccc7)c7ccc8c9c(cccc79)-c7c-8c(-c8ccccc8)c8ccccc8c7-c7ccccc7)cc7cccnc7c6n5)ccc24)-c2cccc4c(N(c5ccccc5)c5ccc6ccc7cccnc7c6n5)ccc-3c24)cc1. The van der Waals surface area contributed by atoms with Crippen LogP contribution in [0.2, 0.25) is 0 Å². The van der Waals surface area contributed by atoms with Crippen LogP contribution >= 0.6 is 0 Å². The fraction of sp³-hybridized carbons (Fsp3) is 0. The molecule has 0 aliphatic heterocycles. The van der Waals surface area contributed by atoms with Crippen LogP contribution in [0.5, 0.6) is 0 Å². The lowest BCUT2D eigenvalue weighted by Crippen LogP contribution is -2.12. The summed E-state index contributed by atoms with van der Waals surface area (Å²) < 4.78 is 0. The van der Waals surface area contributed by atoms with Gasteiger partial charge in [0, 0.05) is 61.6 Å². The second-order valence-corrected chi connectivity index (χ2v) is 27.8. The van der Waals surface area contributed by atoms with Crippen LogP contribution < -0.4 is 9.80 Å². The Bertz CT molecular complexity index is 6960. The average Bonchev–Trinajstić information content (AvgIpc) is 1.53. The molecule has 0 saturated heterocycles. The monoisotopic (exact) mass is 1340 g/mol. The van der Waals surface area contributed by atoms with E-state index in [9.17, 15) is 0 Å². The summed E-state index contributed by atoms with van der Waals surface area (Å²) in [7, 11) is 0. The van der Waals surface area contributed by atoms with E-state index in [1.807, 2.05) is 24.5 Å². The standard InChI is InChI=1S/C100H60N6/c1-7-25-61(26-8-1)87-71-39-19-20-40-72(71)88(62-27-9-2-10-28-62)95-79-51-54-83(74-41-21-43-77(91(74)79)93(87)95)105(69-35-15-5-16-36-69)85-60-68-34-24-58-102-98(68)100-76(85)50-53-82(103-100)67-47-49-73-81(59-67)90(64-31-13-4-14-32-64)94-78-44-22-42-75-84(55-52-80(92(75)78)96(94)89(73)63-29-11-3-12-30-63)106(70-37-17-6-18-38-70)86-56-48-66-46-45-65-33-23-57-101-97(65)99(66)104-86/h1-60H. The van der Waals surface area contributed by atoms with Gasteiger partial charge in [0.25, 0.3) is 0 Å². The third-order valence-corrected chi connectivity index (χ3v) is 22.1. The van der Waals surface area contributed by atoms with Crippen LogP contribution in [0.1, 0.15) is 0 Å². The van der Waals surface area contributed by atoms with E-state index in [4.69, 9.17) is 19.9 Å². The lowest BCUT2D eigenvalue weighted by Gasteiger charge is -2.29. The third-order valence-electron chi connectivity index (χ3n) is 22.1. The van der Waals surface area contributed by atoms with E-state index in [0.717, 1.165) is 122 Å². The van der Waals surface area contributed by atoms with Gasteiger partial charge in [-0.05, 0) is 206 Å². The van der Waals surface area contributed by atoms with Gasteiger partial charge in [0.15, 0.2) is 0 Å². The summed E-state index contributed by atoms with van der Waals surface area (Å²) in [4.78, 5) is 26.2. The van der Waals surface area contributed by atoms with Crippen LogP contribution in [0.25, 0.3) is 187 Å². The van der Waals surface area contributed by atoms with Gasteiger partial charge in [-0.2, -0.15) is 0 Å². The Hall–Kier alpha value is -14.2. The van der Waals surface area contributed by atoms with Crippen molar-refractivity contribution < 1.29 is 0 Å². The van der Waals surface area contributed by atoms with E-state index >= 15 is 0 Å². The lowest BCUT2D eigenvalue weighted by atomic mass is 9.82. The van der Waals surface area contributed by atoms with Gasteiger partial charge in [0.2, 0.25) is 0 Å². The summed E-state index contributed by atoms with van der Waals surface area (Å²) in [6.45, 7) is 0. The van der Waals surface area contributed by atoms with Crippen LogP contribution in [-0.4, -0.2) is 19.9 Å². The van der Waals surface area contributed by atoms with Crippen molar-refractivity contribution in [1.82, 2.24) is 19.9 Å². The molecule has 0 atom stereocenters. The Balaban J connectivity index is 0.746. The highest BCUT2D eigenvalue weighted by Crippen LogP contribution is 2.62. The molecule has 22 rings (SSSR count). The predicted molar refractivity (Wildman–Crippen MR) is 443 cm³/mol. The van der Waals surface area contributed by atoms with E-state index in [2.05, 4.69) is 350 Å². The Morgan fingerprint density at radius 2 is 0.623 bits per heavy atom. The zero-order chi connectivity index (χ0) is 69.5. The Morgan fingerprint density at radius 3 is 1.16 bits per heavy atom. The highest BCUT2D eigenvalue weighted by atomic mass is 15.2. The van der Waals surface area contributed by atoms with Gasteiger partial charge in [-0.15, -0.1) is 0 Å². The second kappa shape index (κ2) is 23.7. The van der Waals surface area contributed by atoms with Crippen molar-refractivity contribution in [2.75, 3.05) is 9.80 Å². The molecule has 4 aromatic heterocycles. The second-order valence-electron chi connectivity index (χ2n) is 27.8. The van der Waals surface area contributed by atoms with Crippen LogP contribution in [-0.2, 0) is 0 Å². The van der Waals surface area contributed by atoms with Crippen molar-refractivity contribution in [2.45, 2.75) is 0 Å². The number of para-hydroxylation sites is 2. The van der Waals surface area contributed by atoms with Gasteiger partial charge in [0.05, 0.1) is 44.8 Å². The summed E-state index contributed by atoms with van der Waals surface area (Å²) in [6, 6.07) is 128. The van der Waals surface area contributed by atoms with Crippen LogP contribution in [0.15, 0.2) is 364 Å². The molecule has 0 bridgehead atoms. The zero-order valence-corrected chi connectivity index (χ0v) is 57.3. The fourth-order valence-electron chi connectivity index (χ4n) is 17.7. The molecule has 0 radical (unpaired) electrons. The summed E-state index contributed by atoms with van der Waals surface area (Å²) in [5, 5.41) is 13.6. The molecule has 0 spiro atoms. The third kappa shape index (κ3) is 8.98. The molecule has 0 amide bonds. The maximum absolute atomic E-state index is 5.87. The van der Waals surface area contributed by atoms with Gasteiger partial charge < -0.3 is 4.90 Å². The molecule has 0 fully saturated rings. The molecule has 0 unspecified atom stereocenters. The molecule has 4 heterocycles. The lowest BCUT2D eigenvalue weighted by molar-refractivity contribution is 1.22. The van der Waals surface area contributed by atoms with Crippen LogP contribution in [0.3, 0.4) is 0 Å². The minimum atomic E-state index is 0.811. The number of nitrogens with zero attached hydrogens (tertiary/aromatic N) is 6. The summed E-state index contributed by atoms with van der Waals surface area (Å²) in [5.41, 5.74) is 29.8. The largest absolute Gasteiger partial charge is 0.309 e. The highest BCUT2D eigenvalue weighted by molar-refractivity contribution is 6.31. The normalized spacial score (nSPS) is 12.0. The summed E-state index contributed by atoms with van der Waals surface area (Å²) in [5.74, 6) is 0.811. The molecule has 6 heteroatoms. The molecular weight excluding hydrogens is 1290 g/mol. The Kier molecular flexibility index (Phi) is 13.3. The highest BCUT2D eigenvalue weighted by Gasteiger charge is 2.35. The molecule has 2 aliphatic carbocycles. The predicted octanol–water partition coefficient (Wildman–Crippen LogP) is 27.1. The van der Waals surface area contributed by atoms with E-state index in [0.29, 0.717) is 0 Å². The number of fused-ring (bicyclic) bond motifs is 14. The maximum atomic E-state index is 5.87. The number of hydrogen-bond acceptors (Lipinski definition) is 6. The van der Waals surface area contributed by atoms with Crippen molar-refractivity contribution in [2.24, 2.45) is 0 Å². The topological polar surface area (TPSA) is 58.0 Å². The van der Waals surface area contributed by atoms with Gasteiger partial charge in [-0.25, -0.2) is 9.97 Å². The molecular formula is C100H60N6. The Morgan fingerprint density at radius 1 is 0.208 bits per heavy atom. The average molecular weight is 1350 g/mol. The van der Waals surface area contributed by atoms with Gasteiger partial charge in [-0.1, -0.05) is 267 Å². The smallest absolute Gasteiger partial charge is 0.138 e. The molecule has 2 aliphatic rings. The summed E-state index contributed by atoms with van der Waals surface area (Å²) >= 11 is 0. The summed E-state index contributed by atoms with van der Waals surface area (Å²) in [6.07, 6.45) is 3.76. The van der Waals surface area contributed by atoms with Crippen molar-refractivity contribution in [3.05, 3.63) is 364 Å². The first-order valence-corrected chi connectivity index (χ1v) is 36.3. The van der Waals surface area contributed by atoms with E-state index in [1.54, 1.807) is 0 Å².